The van der Waals surface area contributed by atoms with Crippen LogP contribution in [0, 0.1) is 24.1 Å². The van der Waals surface area contributed by atoms with Gasteiger partial charge in [-0.3, -0.25) is 9.59 Å². The molecule has 4 nitrogen and oxygen atoms in total. The van der Waals surface area contributed by atoms with E-state index >= 15 is 0 Å². The minimum absolute atomic E-state index is 0.0953. The highest BCUT2D eigenvalue weighted by Gasteiger charge is 2.24. The first kappa shape index (κ1) is 21.1. The molecule has 0 aliphatic rings. The molecule has 0 saturated heterocycles. The van der Waals surface area contributed by atoms with Crippen molar-refractivity contribution in [3.05, 3.63) is 52.2 Å². The van der Waals surface area contributed by atoms with Crippen LogP contribution in [-0.2, 0) is 4.79 Å². The molecule has 27 heavy (non-hydrogen) atoms. The summed E-state index contributed by atoms with van der Waals surface area (Å²) in [5.41, 5.74) is 1.16. The molecule has 0 saturated carbocycles. The van der Waals surface area contributed by atoms with E-state index in [0.717, 1.165) is 11.1 Å². The fourth-order valence-electron chi connectivity index (χ4n) is 2.58. The van der Waals surface area contributed by atoms with Gasteiger partial charge in [0.2, 0.25) is 5.91 Å². The Balaban J connectivity index is 2.19. The molecule has 1 heterocycles. The number of benzene rings is 1. The molecule has 1 aromatic heterocycles. The Hall–Kier alpha value is -2.21. The van der Waals surface area contributed by atoms with Crippen molar-refractivity contribution in [3.63, 3.8) is 0 Å². The van der Waals surface area contributed by atoms with Crippen molar-refractivity contribution in [2.75, 3.05) is 5.32 Å². The van der Waals surface area contributed by atoms with Crippen LogP contribution in [0.1, 0.15) is 61.5 Å². The highest BCUT2D eigenvalue weighted by Crippen LogP contribution is 2.30. The fraction of sp³-hybridized carbons (Fsp3) is 0.429. The zero-order valence-electron chi connectivity index (χ0n) is 16.6. The third-order valence-electron chi connectivity index (χ3n) is 4.22. The molecule has 0 spiro atoms. The minimum Gasteiger partial charge on any atom is -0.344 e. The number of aryl methyl sites for hydroxylation is 1. The second kappa shape index (κ2) is 8.21. The molecule has 0 bridgehead atoms. The smallest absolute Gasteiger partial charge is 0.262 e. The molecule has 2 amide bonds. The van der Waals surface area contributed by atoms with Gasteiger partial charge in [-0.2, -0.15) is 0 Å². The van der Waals surface area contributed by atoms with Crippen LogP contribution in [0.5, 0.6) is 0 Å². The zero-order chi connectivity index (χ0) is 20.4. The Kier molecular flexibility index (Phi) is 6.42. The standard InChI is InChI=1S/C21H27FN2O2S/c1-12(2)17(14-7-9-15(22)10-8-14)24-19(25)18-13(3)11-16(27-18)23-20(26)21(4,5)6/h7-12,17H,1-6H3,(H,23,26)(H,24,25)/t17-/m0/s1. The van der Waals surface area contributed by atoms with Crippen molar-refractivity contribution in [1.82, 2.24) is 5.32 Å². The van der Waals surface area contributed by atoms with Gasteiger partial charge in [-0.25, -0.2) is 4.39 Å². The van der Waals surface area contributed by atoms with E-state index in [-0.39, 0.29) is 29.6 Å². The third-order valence-corrected chi connectivity index (χ3v) is 5.38. The minimum atomic E-state index is -0.508. The number of carbonyl (C=O) groups excluding carboxylic acids is 2. The summed E-state index contributed by atoms with van der Waals surface area (Å²) in [6.45, 7) is 11.4. The molecule has 0 aliphatic heterocycles. The molecule has 2 rings (SSSR count). The predicted octanol–water partition coefficient (Wildman–Crippen LogP) is 5.31. The topological polar surface area (TPSA) is 58.2 Å². The summed E-state index contributed by atoms with van der Waals surface area (Å²) >= 11 is 1.26. The summed E-state index contributed by atoms with van der Waals surface area (Å²) in [4.78, 5) is 25.6. The molecule has 2 aromatic rings. The van der Waals surface area contributed by atoms with Crippen LogP contribution in [0.4, 0.5) is 9.39 Å². The van der Waals surface area contributed by atoms with E-state index in [2.05, 4.69) is 10.6 Å². The monoisotopic (exact) mass is 390 g/mol. The Morgan fingerprint density at radius 1 is 1.11 bits per heavy atom. The summed E-state index contributed by atoms with van der Waals surface area (Å²) in [6.07, 6.45) is 0. The van der Waals surface area contributed by atoms with Gasteiger partial charge in [0.05, 0.1) is 15.9 Å². The van der Waals surface area contributed by atoms with Gasteiger partial charge in [0.15, 0.2) is 0 Å². The maximum atomic E-state index is 13.2. The number of carbonyl (C=O) groups is 2. The summed E-state index contributed by atoms with van der Waals surface area (Å²) in [7, 11) is 0. The lowest BCUT2D eigenvalue weighted by Gasteiger charge is -2.23. The van der Waals surface area contributed by atoms with Crippen molar-refractivity contribution < 1.29 is 14.0 Å². The van der Waals surface area contributed by atoms with Crippen LogP contribution in [0.15, 0.2) is 30.3 Å². The molecular weight excluding hydrogens is 363 g/mol. The predicted molar refractivity (Wildman–Crippen MR) is 109 cm³/mol. The van der Waals surface area contributed by atoms with E-state index in [0.29, 0.717) is 9.88 Å². The number of anilines is 1. The average molecular weight is 391 g/mol. The summed E-state index contributed by atoms with van der Waals surface area (Å²) in [6, 6.07) is 7.76. The maximum Gasteiger partial charge on any atom is 0.262 e. The largest absolute Gasteiger partial charge is 0.344 e. The number of hydrogen-bond donors (Lipinski definition) is 2. The first-order valence-corrected chi connectivity index (χ1v) is 9.79. The number of thiophene rings is 1. The first-order valence-electron chi connectivity index (χ1n) is 8.97. The summed E-state index contributed by atoms with van der Waals surface area (Å²) in [5.74, 6) is -0.459. The van der Waals surface area contributed by atoms with Crippen LogP contribution >= 0.6 is 11.3 Å². The molecule has 1 atom stereocenters. The van der Waals surface area contributed by atoms with E-state index in [9.17, 15) is 14.0 Å². The van der Waals surface area contributed by atoms with Gasteiger partial charge in [0.25, 0.3) is 5.91 Å². The lowest BCUT2D eigenvalue weighted by Crippen LogP contribution is -2.31. The molecule has 0 unspecified atom stereocenters. The molecule has 1 aromatic carbocycles. The summed E-state index contributed by atoms with van der Waals surface area (Å²) < 4.78 is 13.2. The molecule has 0 aliphatic carbocycles. The van der Waals surface area contributed by atoms with Gasteiger partial charge in [0, 0.05) is 5.41 Å². The number of amides is 2. The molecule has 0 radical (unpaired) electrons. The Labute approximate surface area is 164 Å². The van der Waals surface area contributed by atoms with Crippen molar-refractivity contribution in [2.24, 2.45) is 11.3 Å². The Bertz CT molecular complexity index is 820. The summed E-state index contributed by atoms with van der Waals surface area (Å²) in [5, 5.41) is 6.57. The zero-order valence-corrected chi connectivity index (χ0v) is 17.5. The van der Waals surface area contributed by atoms with Gasteiger partial charge >= 0.3 is 0 Å². The Morgan fingerprint density at radius 2 is 1.70 bits per heavy atom. The van der Waals surface area contributed by atoms with E-state index in [1.54, 1.807) is 12.1 Å². The van der Waals surface area contributed by atoms with Crippen LogP contribution in [0.2, 0.25) is 0 Å². The highest BCUT2D eigenvalue weighted by atomic mass is 32.1. The molecule has 6 heteroatoms. The fourth-order valence-corrected chi connectivity index (χ4v) is 3.55. The maximum absolute atomic E-state index is 13.2. The van der Waals surface area contributed by atoms with Crippen LogP contribution < -0.4 is 10.6 Å². The third kappa shape index (κ3) is 5.39. The van der Waals surface area contributed by atoms with Crippen molar-refractivity contribution >= 4 is 28.2 Å². The van der Waals surface area contributed by atoms with Crippen molar-refractivity contribution in [1.29, 1.82) is 0 Å². The van der Waals surface area contributed by atoms with Crippen molar-refractivity contribution in [2.45, 2.75) is 47.6 Å². The second-order valence-electron chi connectivity index (χ2n) is 8.07. The van der Waals surface area contributed by atoms with Crippen LogP contribution in [0.3, 0.4) is 0 Å². The lowest BCUT2D eigenvalue weighted by molar-refractivity contribution is -0.123. The molecule has 0 fully saturated rings. The molecular formula is C21H27FN2O2S. The highest BCUT2D eigenvalue weighted by molar-refractivity contribution is 7.18. The van der Waals surface area contributed by atoms with E-state index in [4.69, 9.17) is 0 Å². The number of halogens is 1. The normalized spacial score (nSPS) is 12.7. The van der Waals surface area contributed by atoms with E-state index < -0.39 is 5.41 Å². The van der Waals surface area contributed by atoms with Gasteiger partial charge in [-0.05, 0) is 42.2 Å². The lowest BCUT2D eigenvalue weighted by atomic mass is 9.96. The Morgan fingerprint density at radius 3 is 2.22 bits per heavy atom. The SMILES string of the molecule is Cc1cc(NC(=O)C(C)(C)C)sc1C(=O)N[C@H](c1ccc(F)cc1)C(C)C. The van der Waals surface area contributed by atoms with Gasteiger partial charge in [0.1, 0.15) is 5.82 Å². The van der Waals surface area contributed by atoms with Gasteiger partial charge in [-0.1, -0.05) is 46.8 Å². The second-order valence-corrected chi connectivity index (χ2v) is 9.13. The number of hydrogen-bond acceptors (Lipinski definition) is 3. The number of nitrogens with one attached hydrogen (secondary N) is 2. The molecule has 146 valence electrons. The van der Waals surface area contributed by atoms with Gasteiger partial charge in [-0.15, -0.1) is 11.3 Å². The van der Waals surface area contributed by atoms with Gasteiger partial charge < -0.3 is 10.6 Å². The average Bonchev–Trinajstić information content (AvgIpc) is 2.92. The number of rotatable bonds is 5. The van der Waals surface area contributed by atoms with Crippen LogP contribution in [-0.4, -0.2) is 11.8 Å². The molecule has 2 N–H and O–H groups in total. The van der Waals surface area contributed by atoms with Crippen molar-refractivity contribution in [3.8, 4) is 0 Å². The van der Waals surface area contributed by atoms with E-state index in [1.807, 2.05) is 47.6 Å². The van der Waals surface area contributed by atoms with E-state index in [1.165, 1.54) is 23.5 Å². The van der Waals surface area contributed by atoms with Crippen LogP contribution in [0.25, 0.3) is 0 Å². The first-order chi connectivity index (χ1) is 12.5. The quantitative estimate of drug-likeness (QED) is 0.727.